The van der Waals surface area contributed by atoms with Gasteiger partial charge in [-0.15, -0.1) is 12.4 Å². The van der Waals surface area contributed by atoms with Gasteiger partial charge in [0.25, 0.3) is 0 Å². The first-order chi connectivity index (χ1) is 13.0. The van der Waals surface area contributed by atoms with Gasteiger partial charge in [0.05, 0.1) is 33.1 Å². The molecule has 2 aromatic carbocycles. The van der Waals surface area contributed by atoms with E-state index < -0.39 is 0 Å². The van der Waals surface area contributed by atoms with Gasteiger partial charge in [0.2, 0.25) is 5.75 Å². The minimum atomic E-state index is -0.168. The first kappa shape index (κ1) is 21.6. The van der Waals surface area contributed by atoms with Crippen molar-refractivity contribution in [3.63, 3.8) is 0 Å². The van der Waals surface area contributed by atoms with Crippen LogP contribution in [-0.2, 0) is 6.42 Å². The molecule has 0 aliphatic carbocycles. The lowest BCUT2D eigenvalue weighted by atomic mass is 9.89. The second kappa shape index (κ2) is 8.97. The standard InChI is InChI=1S/C21H25N3O3.ClH/c1-21(2)12-15-8-6-7-9-16(15)20(23-21)24-22-13-14-10-17(25-3)19(27-5)18(11-14)26-4;/h6-11,13H,12H2,1-5H3,(H,23,24);1H. The number of rotatable bonds is 5. The molecule has 1 aliphatic rings. The molecule has 1 heterocycles. The summed E-state index contributed by atoms with van der Waals surface area (Å²) in [5.74, 6) is 2.49. The predicted octanol–water partition coefficient (Wildman–Crippen LogP) is 3.84. The molecule has 0 spiro atoms. The summed E-state index contributed by atoms with van der Waals surface area (Å²) in [5, 5.41) is 4.38. The minimum Gasteiger partial charge on any atom is -0.493 e. The molecule has 0 fully saturated rings. The number of hydrazone groups is 1. The summed E-state index contributed by atoms with van der Waals surface area (Å²) >= 11 is 0. The van der Waals surface area contributed by atoms with Gasteiger partial charge in [0, 0.05) is 11.1 Å². The largest absolute Gasteiger partial charge is 0.493 e. The average molecular weight is 404 g/mol. The highest BCUT2D eigenvalue weighted by Crippen LogP contribution is 2.37. The lowest BCUT2D eigenvalue weighted by Gasteiger charge is -2.28. The van der Waals surface area contributed by atoms with Gasteiger partial charge in [-0.3, -0.25) is 10.4 Å². The van der Waals surface area contributed by atoms with E-state index >= 15 is 0 Å². The summed E-state index contributed by atoms with van der Waals surface area (Å²) < 4.78 is 16.1. The van der Waals surface area contributed by atoms with Crippen LogP contribution in [0, 0.1) is 0 Å². The van der Waals surface area contributed by atoms with Crippen molar-refractivity contribution < 1.29 is 14.2 Å². The molecule has 0 aromatic heterocycles. The summed E-state index contributed by atoms with van der Waals surface area (Å²) in [6, 6.07) is 11.9. The maximum Gasteiger partial charge on any atom is 0.203 e. The highest BCUT2D eigenvalue weighted by Gasteiger charge is 2.26. The third-order valence-electron chi connectivity index (χ3n) is 4.38. The fraction of sp³-hybridized carbons (Fsp3) is 0.333. The molecule has 0 unspecified atom stereocenters. The molecule has 0 bridgehead atoms. The van der Waals surface area contributed by atoms with Crippen molar-refractivity contribution in [3.05, 3.63) is 53.1 Å². The second-order valence-electron chi connectivity index (χ2n) is 6.94. The van der Waals surface area contributed by atoms with Crippen molar-refractivity contribution >= 4 is 24.5 Å². The number of benzene rings is 2. The first-order valence-electron chi connectivity index (χ1n) is 8.74. The number of nitrogens with one attached hydrogen (secondary N) is 1. The van der Waals surface area contributed by atoms with Crippen LogP contribution in [-0.4, -0.2) is 38.9 Å². The summed E-state index contributed by atoms with van der Waals surface area (Å²) in [6.45, 7) is 4.24. The second-order valence-corrected chi connectivity index (χ2v) is 6.94. The smallest absolute Gasteiger partial charge is 0.203 e. The van der Waals surface area contributed by atoms with Gasteiger partial charge in [0.1, 0.15) is 5.84 Å². The Labute approximate surface area is 172 Å². The van der Waals surface area contributed by atoms with E-state index in [1.54, 1.807) is 27.5 Å². The van der Waals surface area contributed by atoms with E-state index in [1.165, 1.54) is 5.56 Å². The predicted molar refractivity (Wildman–Crippen MR) is 115 cm³/mol. The third-order valence-corrected chi connectivity index (χ3v) is 4.38. The fourth-order valence-corrected chi connectivity index (χ4v) is 3.20. The lowest BCUT2D eigenvalue weighted by Crippen LogP contribution is -2.34. The van der Waals surface area contributed by atoms with Crippen LogP contribution in [0.1, 0.15) is 30.5 Å². The molecule has 1 aliphatic heterocycles. The van der Waals surface area contributed by atoms with Crippen molar-refractivity contribution in [2.24, 2.45) is 10.1 Å². The molecule has 2 aromatic rings. The van der Waals surface area contributed by atoms with Crippen molar-refractivity contribution in [1.82, 2.24) is 5.43 Å². The summed E-state index contributed by atoms with van der Waals surface area (Å²) in [7, 11) is 4.76. The van der Waals surface area contributed by atoms with Gasteiger partial charge in [-0.05, 0) is 38.0 Å². The van der Waals surface area contributed by atoms with Gasteiger partial charge in [-0.2, -0.15) is 5.10 Å². The van der Waals surface area contributed by atoms with Gasteiger partial charge >= 0.3 is 0 Å². The Kier molecular flexibility index (Phi) is 6.91. The number of ether oxygens (including phenoxy) is 3. The van der Waals surface area contributed by atoms with Gasteiger partial charge in [0.15, 0.2) is 11.5 Å². The molecule has 1 N–H and O–H groups in total. The summed E-state index contributed by atoms with van der Waals surface area (Å²) in [5.41, 5.74) is 6.09. The van der Waals surface area contributed by atoms with Crippen LogP contribution in [0.15, 0.2) is 46.5 Å². The van der Waals surface area contributed by atoms with E-state index in [0.29, 0.717) is 17.2 Å². The molecular weight excluding hydrogens is 378 g/mol. The maximum atomic E-state index is 5.38. The Morgan fingerprint density at radius 1 is 1.04 bits per heavy atom. The zero-order chi connectivity index (χ0) is 19.4. The topological polar surface area (TPSA) is 64.4 Å². The molecule has 0 saturated carbocycles. The highest BCUT2D eigenvalue weighted by atomic mass is 35.5. The van der Waals surface area contributed by atoms with Crippen LogP contribution in [0.4, 0.5) is 0 Å². The first-order valence-corrected chi connectivity index (χ1v) is 8.74. The van der Waals surface area contributed by atoms with Crippen molar-refractivity contribution in [1.29, 1.82) is 0 Å². The number of hydrogen-bond donors (Lipinski definition) is 1. The Morgan fingerprint density at radius 2 is 1.68 bits per heavy atom. The van der Waals surface area contributed by atoms with Crippen LogP contribution >= 0.6 is 12.4 Å². The van der Waals surface area contributed by atoms with Crippen molar-refractivity contribution in [2.45, 2.75) is 25.8 Å². The fourth-order valence-electron chi connectivity index (χ4n) is 3.20. The number of fused-ring (bicyclic) bond motifs is 1. The molecule has 0 radical (unpaired) electrons. The Hall–Kier alpha value is -2.73. The summed E-state index contributed by atoms with van der Waals surface area (Å²) in [6.07, 6.45) is 2.61. The van der Waals surface area contributed by atoms with Crippen LogP contribution in [0.5, 0.6) is 17.2 Å². The SMILES string of the molecule is COc1cc(C=NNC2=NC(C)(C)Cc3ccccc32)cc(OC)c1OC.Cl. The molecular formula is C21H26ClN3O3. The van der Waals surface area contributed by atoms with E-state index in [9.17, 15) is 0 Å². The normalized spacial score (nSPS) is 14.5. The van der Waals surface area contributed by atoms with E-state index in [1.807, 2.05) is 18.2 Å². The molecule has 0 atom stereocenters. The molecule has 0 saturated heterocycles. The van der Waals surface area contributed by atoms with E-state index in [-0.39, 0.29) is 17.9 Å². The molecule has 150 valence electrons. The zero-order valence-electron chi connectivity index (χ0n) is 16.8. The Bertz CT molecular complexity index is 869. The number of methoxy groups -OCH3 is 3. The minimum absolute atomic E-state index is 0. The average Bonchev–Trinajstić information content (AvgIpc) is 2.66. The van der Waals surface area contributed by atoms with Gasteiger partial charge in [-0.25, -0.2) is 0 Å². The van der Waals surface area contributed by atoms with Crippen LogP contribution < -0.4 is 19.6 Å². The molecule has 28 heavy (non-hydrogen) atoms. The van der Waals surface area contributed by atoms with Crippen LogP contribution in [0.2, 0.25) is 0 Å². The number of amidine groups is 1. The van der Waals surface area contributed by atoms with Crippen LogP contribution in [0.25, 0.3) is 0 Å². The van der Waals surface area contributed by atoms with Crippen LogP contribution in [0.3, 0.4) is 0 Å². The monoisotopic (exact) mass is 403 g/mol. The molecule has 0 amide bonds. The van der Waals surface area contributed by atoms with E-state index in [2.05, 4.69) is 42.6 Å². The van der Waals surface area contributed by atoms with Gasteiger partial charge in [-0.1, -0.05) is 24.3 Å². The van der Waals surface area contributed by atoms with E-state index in [4.69, 9.17) is 19.2 Å². The lowest BCUT2D eigenvalue weighted by molar-refractivity contribution is 0.324. The Balaban J connectivity index is 0.00000280. The number of aliphatic imine (C=N–C) groups is 1. The number of nitrogens with zero attached hydrogens (tertiary/aromatic N) is 2. The zero-order valence-corrected chi connectivity index (χ0v) is 17.6. The van der Waals surface area contributed by atoms with Crippen molar-refractivity contribution in [2.75, 3.05) is 21.3 Å². The maximum absolute atomic E-state index is 5.38. The highest BCUT2D eigenvalue weighted by molar-refractivity contribution is 6.01. The number of hydrogen-bond acceptors (Lipinski definition) is 6. The van der Waals surface area contributed by atoms with Crippen molar-refractivity contribution in [3.8, 4) is 17.2 Å². The Morgan fingerprint density at radius 3 is 2.29 bits per heavy atom. The summed E-state index contributed by atoms with van der Waals surface area (Å²) in [4.78, 5) is 4.80. The van der Waals surface area contributed by atoms with E-state index in [0.717, 1.165) is 23.4 Å². The number of halogens is 1. The molecule has 6 nitrogen and oxygen atoms in total. The third kappa shape index (κ3) is 4.57. The molecule has 3 rings (SSSR count). The van der Waals surface area contributed by atoms with Gasteiger partial charge < -0.3 is 14.2 Å². The quantitative estimate of drug-likeness (QED) is 0.608. The molecule has 7 heteroatoms.